The first kappa shape index (κ1) is 18.6. The maximum absolute atomic E-state index is 12.3. The van der Waals surface area contributed by atoms with Crippen LogP contribution in [0.4, 0.5) is 0 Å². The van der Waals surface area contributed by atoms with Gasteiger partial charge in [0.25, 0.3) is 11.8 Å². The van der Waals surface area contributed by atoms with Crippen molar-refractivity contribution < 1.29 is 14.4 Å². The number of hydrazine groups is 1. The summed E-state index contributed by atoms with van der Waals surface area (Å²) in [7, 11) is 0. The van der Waals surface area contributed by atoms with Gasteiger partial charge in [0.2, 0.25) is 5.91 Å². The Morgan fingerprint density at radius 3 is 2.67 bits per heavy atom. The van der Waals surface area contributed by atoms with Gasteiger partial charge in [-0.2, -0.15) is 5.10 Å². The van der Waals surface area contributed by atoms with E-state index in [-0.39, 0.29) is 18.4 Å². The fourth-order valence-corrected chi connectivity index (χ4v) is 3.11. The lowest BCUT2D eigenvalue weighted by molar-refractivity contribution is -0.128. The van der Waals surface area contributed by atoms with Crippen molar-refractivity contribution in [3.63, 3.8) is 0 Å². The summed E-state index contributed by atoms with van der Waals surface area (Å²) < 4.78 is 1.57. The van der Waals surface area contributed by atoms with Crippen LogP contribution in [0.5, 0.6) is 0 Å². The molecule has 0 aliphatic carbocycles. The molecule has 1 fully saturated rings. The predicted octanol–water partition coefficient (Wildman–Crippen LogP) is 1.08. The zero-order valence-corrected chi connectivity index (χ0v) is 15.5. The topological polar surface area (TPSA) is 96.3 Å². The Bertz CT molecular complexity index is 874. The van der Waals surface area contributed by atoms with E-state index >= 15 is 0 Å². The molecule has 0 bridgehead atoms. The van der Waals surface area contributed by atoms with Gasteiger partial charge in [-0.25, -0.2) is 0 Å². The van der Waals surface area contributed by atoms with E-state index in [9.17, 15) is 14.4 Å². The monoisotopic (exact) mass is 369 g/mol. The van der Waals surface area contributed by atoms with Crippen molar-refractivity contribution in [1.29, 1.82) is 0 Å². The highest BCUT2D eigenvalue weighted by molar-refractivity contribution is 5.95. The van der Waals surface area contributed by atoms with Crippen molar-refractivity contribution in [1.82, 2.24) is 25.5 Å². The number of carbonyl (C=O) groups is 3. The number of nitrogens with zero attached hydrogens (tertiary/aromatic N) is 3. The summed E-state index contributed by atoms with van der Waals surface area (Å²) in [6, 6.07) is 8.92. The van der Waals surface area contributed by atoms with Crippen molar-refractivity contribution in [2.75, 3.05) is 6.54 Å². The molecule has 0 spiro atoms. The first-order valence-electron chi connectivity index (χ1n) is 8.89. The van der Waals surface area contributed by atoms with Crippen LogP contribution in [0.1, 0.15) is 40.2 Å². The summed E-state index contributed by atoms with van der Waals surface area (Å²) in [4.78, 5) is 37.8. The van der Waals surface area contributed by atoms with Gasteiger partial charge in [0.1, 0.15) is 6.54 Å². The number of benzene rings is 1. The molecule has 2 aromatic rings. The molecule has 142 valence electrons. The molecule has 0 saturated carbocycles. The van der Waals surface area contributed by atoms with Gasteiger partial charge in [-0.05, 0) is 44.0 Å². The van der Waals surface area contributed by atoms with Crippen LogP contribution in [0.25, 0.3) is 0 Å². The minimum absolute atomic E-state index is 0.0249. The fourth-order valence-electron chi connectivity index (χ4n) is 3.11. The van der Waals surface area contributed by atoms with Gasteiger partial charge in [0.15, 0.2) is 0 Å². The van der Waals surface area contributed by atoms with Crippen molar-refractivity contribution in [3.05, 3.63) is 52.8 Å². The van der Waals surface area contributed by atoms with Crippen molar-refractivity contribution >= 4 is 17.7 Å². The third-order valence-electron chi connectivity index (χ3n) is 4.45. The van der Waals surface area contributed by atoms with Crippen molar-refractivity contribution in [3.8, 4) is 0 Å². The normalized spacial score (nSPS) is 13.7. The Morgan fingerprint density at radius 1 is 1.19 bits per heavy atom. The molecule has 2 heterocycles. The molecular formula is C19H23N5O3. The first-order chi connectivity index (χ1) is 12.9. The Labute approximate surface area is 157 Å². The molecule has 1 aliphatic rings. The van der Waals surface area contributed by atoms with Crippen LogP contribution in [0, 0.1) is 13.8 Å². The lowest BCUT2D eigenvalue weighted by Crippen LogP contribution is -2.43. The highest BCUT2D eigenvalue weighted by atomic mass is 16.2. The SMILES string of the molecule is Cc1cc(C)n(CC(=O)NNC(=O)c2cccc(CN3CCCC3=O)c2)n1. The van der Waals surface area contributed by atoms with Crippen LogP contribution >= 0.6 is 0 Å². The van der Waals surface area contributed by atoms with E-state index < -0.39 is 5.91 Å². The van der Waals surface area contributed by atoms with E-state index in [1.54, 1.807) is 27.8 Å². The number of aromatic nitrogens is 2. The first-order valence-corrected chi connectivity index (χ1v) is 8.89. The number of amides is 3. The van der Waals surface area contributed by atoms with Crippen LogP contribution in [-0.2, 0) is 22.7 Å². The maximum atomic E-state index is 12.3. The van der Waals surface area contributed by atoms with Gasteiger partial charge in [0.05, 0.1) is 5.69 Å². The molecule has 1 saturated heterocycles. The van der Waals surface area contributed by atoms with Gasteiger partial charge >= 0.3 is 0 Å². The van der Waals surface area contributed by atoms with Crippen LogP contribution in [0.2, 0.25) is 0 Å². The highest BCUT2D eigenvalue weighted by Crippen LogP contribution is 2.15. The average molecular weight is 369 g/mol. The molecule has 2 N–H and O–H groups in total. The van der Waals surface area contributed by atoms with Gasteiger partial charge in [-0.3, -0.25) is 29.9 Å². The third kappa shape index (κ3) is 4.72. The van der Waals surface area contributed by atoms with Gasteiger partial charge in [0, 0.05) is 30.8 Å². The summed E-state index contributed by atoms with van der Waals surface area (Å²) in [6.45, 7) is 4.98. The second-order valence-corrected chi connectivity index (χ2v) is 6.71. The molecular weight excluding hydrogens is 346 g/mol. The molecule has 0 atom stereocenters. The second kappa shape index (κ2) is 8.03. The van der Waals surface area contributed by atoms with Gasteiger partial charge < -0.3 is 4.90 Å². The number of aryl methyl sites for hydroxylation is 2. The van der Waals surface area contributed by atoms with Crippen molar-refractivity contribution in [2.45, 2.75) is 39.8 Å². The summed E-state index contributed by atoms with van der Waals surface area (Å²) in [6.07, 6.45) is 1.46. The number of nitrogens with one attached hydrogen (secondary N) is 2. The minimum Gasteiger partial charge on any atom is -0.338 e. The zero-order valence-electron chi connectivity index (χ0n) is 15.5. The smallest absolute Gasteiger partial charge is 0.269 e. The lowest BCUT2D eigenvalue weighted by Gasteiger charge is -2.16. The Morgan fingerprint density at radius 2 is 2.00 bits per heavy atom. The summed E-state index contributed by atoms with van der Waals surface area (Å²) >= 11 is 0. The molecule has 8 heteroatoms. The van der Waals surface area contributed by atoms with E-state index in [1.165, 1.54) is 0 Å². The lowest BCUT2D eigenvalue weighted by atomic mass is 10.1. The van der Waals surface area contributed by atoms with Crippen LogP contribution in [0.15, 0.2) is 30.3 Å². The molecule has 3 amide bonds. The average Bonchev–Trinajstić information content (AvgIpc) is 3.17. The summed E-state index contributed by atoms with van der Waals surface area (Å²) in [5.41, 5.74) is 7.82. The van der Waals surface area contributed by atoms with Gasteiger partial charge in [-0.1, -0.05) is 12.1 Å². The molecule has 0 radical (unpaired) electrons. The molecule has 1 aliphatic heterocycles. The Balaban J connectivity index is 1.54. The number of likely N-dealkylation sites (tertiary alicyclic amines) is 1. The molecule has 8 nitrogen and oxygen atoms in total. The minimum atomic E-state index is -0.411. The van der Waals surface area contributed by atoms with Crippen LogP contribution in [-0.4, -0.2) is 38.9 Å². The number of hydrogen-bond acceptors (Lipinski definition) is 4. The molecule has 1 aromatic carbocycles. The van der Waals surface area contributed by atoms with Crippen LogP contribution < -0.4 is 10.9 Å². The quantitative estimate of drug-likeness (QED) is 0.771. The second-order valence-electron chi connectivity index (χ2n) is 6.71. The Hall–Kier alpha value is -3.16. The molecule has 27 heavy (non-hydrogen) atoms. The van der Waals surface area contributed by atoms with E-state index in [1.807, 2.05) is 26.0 Å². The molecule has 3 rings (SSSR count). The molecule has 1 aromatic heterocycles. The number of hydrogen-bond donors (Lipinski definition) is 2. The molecule has 0 unspecified atom stereocenters. The van der Waals surface area contributed by atoms with E-state index in [2.05, 4.69) is 16.0 Å². The summed E-state index contributed by atoms with van der Waals surface area (Å²) in [5.74, 6) is -0.638. The number of carbonyl (C=O) groups excluding carboxylic acids is 3. The van der Waals surface area contributed by atoms with Crippen LogP contribution in [0.3, 0.4) is 0 Å². The van der Waals surface area contributed by atoms with E-state index in [4.69, 9.17) is 0 Å². The number of rotatable bonds is 5. The largest absolute Gasteiger partial charge is 0.338 e. The zero-order chi connectivity index (χ0) is 19.4. The fraction of sp³-hybridized carbons (Fsp3) is 0.368. The Kier molecular flexibility index (Phi) is 5.54. The summed E-state index contributed by atoms with van der Waals surface area (Å²) in [5, 5.41) is 4.21. The van der Waals surface area contributed by atoms with Gasteiger partial charge in [-0.15, -0.1) is 0 Å². The van der Waals surface area contributed by atoms with E-state index in [0.29, 0.717) is 18.5 Å². The predicted molar refractivity (Wildman–Crippen MR) is 98.4 cm³/mol. The highest BCUT2D eigenvalue weighted by Gasteiger charge is 2.20. The standard InChI is InChI=1S/C19H23N5O3/c1-13-9-14(2)24(22-13)12-17(25)20-21-19(27)16-6-3-5-15(10-16)11-23-8-4-7-18(23)26/h3,5-6,9-10H,4,7-8,11-12H2,1-2H3,(H,20,25)(H,21,27). The third-order valence-corrected chi connectivity index (χ3v) is 4.45. The van der Waals surface area contributed by atoms with Crippen molar-refractivity contribution in [2.24, 2.45) is 0 Å². The maximum Gasteiger partial charge on any atom is 0.269 e. The van der Waals surface area contributed by atoms with E-state index in [0.717, 1.165) is 29.9 Å².